The van der Waals surface area contributed by atoms with Crippen molar-refractivity contribution >= 4 is 29.8 Å². The van der Waals surface area contributed by atoms with Gasteiger partial charge in [-0.3, -0.25) is 14.4 Å². The number of fused-ring (bicyclic) bond motifs is 1. The van der Waals surface area contributed by atoms with Gasteiger partial charge in [-0.2, -0.15) is 0 Å². The Morgan fingerprint density at radius 1 is 1.07 bits per heavy atom. The molecule has 3 aliphatic heterocycles. The van der Waals surface area contributed by atoms with Crippen LogP contribution in [0, 0.1) is 0 Å². The van der Waals surface area contributed by atoms with Crippen LogP contribution in [0.3, 0.4) is 0 Å². The predicted molar refractivity (Wildman–Crippen MR) is 191 cm³/mol. The summed E-state index contributed by atoms with van der Waals surface area (Å²) in [5.74, 6) is -1.96. The quantitative estimate of drug-likeness (QED) is 0.133. The molecule has 0 unspecified atom stereocenters. The van der Waals surface area contributed by atoms with Crippen LogP contribution >= 0.6 is 0 Å². The lowest BCUT2D eigenvalue weighted by molar-refractivity contribution is -0.298. The Bertz CT molecular complexity index is 1570. The van der Waals surface area contributed by atoms with Gasteiger partial charge in [0.15, 0.2) is 6.29 Å². The van der Waals surface area contributed by atoms with Crippen molar-refractivity contribution in [3.63, 3.8) is 0 Å². The number of hydrogen-bond donors (Lipinski definition) is 6. The van der Waals surface area contributed by atoms with E-state index in [4.69, 9.17) is 28.4 Å². The van der Waals surface area contributed by atoms with Crippen LogP contribution in [0.5, 0.6) is 0 Å². The molecule has 2 amide bonds. The zero-order chi connectivity index (χ0) is 39.9. The van der Waals surface area contributed by atoms with E-state index in [0.717, 1.165) is 0 Å². The fourth-order valence-corrected chi connectivity index (χ4v) is 6.89. The number of hydrogen-bond acceptors (Lipinski definition) is 15. The molecule has 1 aliphatic carbocycles. The van der Waals surface area contributed by atoms with Gasteiger partial charge in [-0.1, -0.05) is 24.3 Å². The highest BCUT2D eigenvalue weighted by atomic mass is 16.7. The van der Waals surface area contributed by atoms with Gasteiger partial charge in [-0.05, 0) is 63.8 Å². The summed E-state index contributed by atoms with van der Waals surface area (Å²) in [6.45, 7) is 4.46. The van der Waals surface area contributed by atoms with Gasteiger partial charge in [-0.25, -0.2) is 4.79 Å². The molecule has 0 spiro atoms. The Morgan fingerprint density at radius 3 is 2.58 bits per heavy atom. The zero-order valence-corrected chi connectivity index (χ0v) is 31.2. The number of amides is 2. The molecule has 0 bridgehead atoms. The minimum absolute atomic E-state index is 0.00180. The van der Waals surface area contributed by atoms with E-state index < -0.39 is 104 Å². The number of aliphatic hydroxyl groups excluding tert-OH is 5. The molecule has 3 fully saturated rings. The molecular weight excluding hydrogens is 724 g/mol. The molecule has 6 N–H and O–H groups in total. The van der Waals surface area contributed by atoms with Crippen molar-refractivity contribution in [2.75, 3.05) is 33.2 Å². The molecule has 10 atom stereocenters. The molecule has 3 saturated heterocycles. The predicted octanol–water partition coefficient (Wildman–Crippen LogP) is -0.297. The molecule has 0 saturated carbocycles. The van der Waals surface area contributed by atoms with E-state index in [-0.39, 0.29) is 38.2 Å². The molecule has 3 heterocycles. The number of rotatable bonds is 14. The maximum atomic E-state index is 13.9. The van der Waals surface area contributed by atoms with Gasteiger partial charge >= 0.3 is 11.9 Å². The summed E-state index contributed by atoms with van der Waals surface area (Å²) in [6.07, 6.45) is -3.14. The second kappa shape index (κ2) is 18.9. The van der Waals surface area contributed by atoms with Crippen LogP contribution in [0.4, 0.5) is 0 Å². The topological polar surface area (TPSA) is 240 Å². The number of benzene rings is 1. The molecule has 304 valence electrons. The van der Waals surface area contributed by atoms with E-state index in [1.165, 1.54) is 4.90 Å². The lowest BCUT2D eigenvalue weighted by Crippen LogP contribution is -2.59. The normalized spacial score (nSPS) is 30.1. The van der Waals surface area contributed by atoms with Gasteiger partial charge in [-0.15, -0.1) is 0 Å². The number of carbonyl (C=O) groups is 4. The van der Waals surface area contributed by atoms with Crippen LogP contribution in [0.25, 0.3) is 6.08 Å². The van der Waals surface area contributed by atoms with E-state index in [1.54, 1.807) is 63.3 Å². The SMILES string of the molecule is CC(C)(C)OC(=O)CC[C@@H](CO)NC(=O)[C@H]1CCCN1C(=O)C1=C[C@H]2OCO[C@H]2[C@H](OC(=O)c2cccc(C=CCO[C@H]3O[C@H](CO)[C@H](O)[C@H](O)[C@H]3O)c2)C1. The van der Waals surface area contributed by atoms with E-state index in [9.17, 15) is 44.7 Å². The first kappa shape index (κ1) is 42.4. The highest BCUT2D eigenvalue weighted by molar-refractivity contribution is 5.98. The first-order chi connectivity index (χ1) is 26.2. The minimum Gasteiger partial charge on any atom is -0.460 e. The van der Waals surface area contributed by atoms with Gasteiger partial charge in [0.25, 0.3) is 0 Å². The van der Waals surface area contributed by atoms with E-state index in [1.807, 2.05) is 0 Å². The summed E-state index contributed by atoms with van der Waals surface area (Å²) in [4.78, 5) is 54.3. The van der Waals surface area contributed by atoms with Crippen LogP contribution in [0.15, 0.2) is 42.0 Å². The van der Waals surface area contributed by atoms with Crippen molar-refractivity contribution in [2.24, 2.45) is 0 Å². The standard InChI is InChI=1S/C38H52N2O15/c1-38(2,3)55-29(43)12-11-24(18-41)39-34(47)25-10-5-13-40(25)35(48)23-16-26-33(52-20-51-26)27(17-23)53-36(49)22-9-4-7-21(15-22)8-6-14-50-37-32(46)31(45)30(44)28(19-42)54-37/h4,6-9,15-16,24-28,30-33,37,41-42,44-46H,5,10-14,17-20H2,1-3H3,(H,39,47)/t24-,25+,26+,27+,28+,30-,31-,32+,33+,37-/m0/s1. The Kier molecular flexibility index (Phi) is 14.6. The Hall–Kier alpha value is -3.78. The van der Waals surface area contributed by atoms with Crippen molar-refractivity contribution in [1.29, 1.82) is 0 Å². The first-order valence-corrected chi connectivity index (χ1v) is 18.5. The molecule has 1 aromatic rings. The number of carbonyl (C=O) groups excluding carboxylic acids is 4. The fourth-order valence-electron chi connectivity index (χ4n) is 6.89. The second-order valence-electron chi connectivity index (χ2n) is 14.9. The molecule has 1 aromatic carbocycles. The third kappa shape index (κ3) is 11.0. The van der Waals surface area contributed by atoms with Gasteiger partial charge in [0.05, 0.1) is 31.4 Å². The van der Waals surface area contributed by atoms with Gasteiger partial charge in [0.1, 0.15) is 61.2 Å². The fraction of sp³-hybridized carbons (Fsp3) is 0.632. The van der Waals surface area contributed by atoms with Crippen molar-refractivity contribution in [1.82, 2.24) is 10.2 Å². The molecular formula is C38H52N2O15. The number of ether oxygens (including phenoxy) is 6. The number of likely N-dealkylation sites (tertiary alicyclic amines) is 1. The summed E-state index contributed by atoms with van der Waals surface area (Å²) >= 11 is 0. The summed E-state index contributed by atoms with van der Waals surface area (Å²) < 4.78 is 33.5. The molecule has 0 aromatic heterocycles. The largest absolute Gasteiger partial charge is 0.460 e. The first-order valence-electron chi connectivity index (χ1n) is 18.5. The molecule has 4 aliphatic rings. The van der Waals surface area contributed by atoms with Crippen LogP contribution in [-0.4, -0.2) is 154 Å². The van der Waals surface area contributed by atoms with Crippen LogP contribution < -0.4 is 5.32 Å². The Balaban J connectivity index is 1.17. The van der Waals surface area contributed by atoms with Crippen LogP contribution in [-0.2, 0) is 42.8 Å². The zero-order valence-electron chi connectivity index (χ0n) is 31.2. The number of nitrogens with one attached hydrogen (secondary N) is 1. The number of nitrogens with zero attached hydrogens (tertiary/aromatic N) is 1. The second-order valence-corrected chi connectivity index (χ2v) is 14.9. The van der Waals surface area contributed by atoms with Gasteiger partial charge in [0.2, 0.25) is 11.8 Å². The number of aliphatic hydroxyl groups is 5. The Labute approximate surface area is 318 Å². The highest BCUT2D eigenvalue weighted by Gasteiger charge is 2.46. The van der Waals surface area contributed by atoms with Crippen LogP contribution in [0.2, 0.25) is 0 Å². The van der Waals surface area contributed by atoms with Crippen LogP contribution in [0.1, 0.15) is 68.8 Å². The monoisotopic (exact) mass is 776 g/mol. The van der Waals surface area contributed by atoms with Gasteiger partial charge in [0, 0.05) is 25.0 Å². The highest BCUT2D eigenvalue weighted by Crippen LogP contribution is 2.33. The smallest absolute Gasteiger partial charge is 0.338 e. The summed E-state index contributed by atoms with van der Waals surface area (Å²) in [6, 6.07) is 5.03. The molecule has 55 heavy (non-hydrogen) atoms. The van der Waals surface area contributed by atoms with E-state index in [0.29, 0.717) is 30.5 Å². The molecule has 5 rings (SSSR count). The Morgan fingerprint density at radius 2 is 1.85 bits per heavy atom. The lowest BCUT2D eigenvalue weighted by Gasteiger charge is -2.39. The van der Waals surface area contributed by atoms with Crippen molar-refractivity contribution in [3.05, 3.63) is 53.1 Å². The third-order valence-electron chi connectivity index (χ3n) is 9.67. The van der Waals surface area contributed by atoms with E-state index in [2.05, 4.69) is 5.32 Å². The molecule has 0 radical (unpaired) electrons. The summed E-state index contributed by atoms with van der Waals surface area (Å²) in [5.41, 5.74) is 0.475. The maximum absolute atomic E-state index is 13.9. The van der Waals surface area contributed by atoms with E-state index >= 15 is 0 Å². The minimum atomic E-state index is -1.56. The average Bonchev–Trinajstić information content (AvgIpc) is 3.85. The van der Waals surface area contributed by atoms with Crippen molar-refractivity contribution < 1.29 is 73.1 Å². The summed E-state index contributed by atoms with van der Waals surface area (Å²) in [7, 11) is 0. The summed E-state index contributed by atoms with van der Waals surface area (Å²) in [5, 5.41) is 52.1. The third-order valence-corrected chi connectivity index (χ3v) is 9.67. The molecule has 17 nitrogen and oxygen atoms in total. The molecule has 17 heteroatoms. The van der Waals surface area contributed by atoms with Crippen molar-refractivity contribution in [3.8, 4) is 0 Å². The van der Waals surface area contributed by atoms with Gasteiger partial charge < -0.3 is 64.2 Å². The average molecular weight is 777 g/mol. The maximum Gasteiger partial charge on any atom is 0.338 e. The number of esters is 2. The van der Waals surface area contributed by atoms with Crippen molar-refractivity contribution in [2.45, 2.75) is 120 Å². The lowest BCUT2D eigenvalue weighted by atomic mass is 9.91.